The Morgan fingerprint density at radius 1 is 0.696 bits per heavy atom. The van der Waals surface area contributed by atoms with Crippen LogP contribution in [0.3, 0.4) is 0 Å². The molecule has 0 aromatic heterocycles. The standard InChI is InChI=1S/C19H30N2Si2/c1-22(2,3)21(23(4,5)6)19-13-9-17(10-14-19)15-16-7-11-18(20)12-8-16/h7-14H,15,20H2,1-6H3. The van der Waals surface area contributed by atoms with Gasteiger partial charge in [-0.1, -0.05) is 63.5 Å². The van der Waals surface area contributed by atoms with Crippen LogP contribution < -0.4 is 9.96 Å². The molecule has 0 atom stereocenters. The molecule has 2 aromatic carbocycles. The van der Waals surface area contributed by atoms with E-state index in [2.05, 4.69) is 79.9 Å². The largest absolute Gasteiger partial charge is 0.425 e. The Kier molecular flexibility index (Phi) is 5.06. The molecule has 2 nitrogen and oxygen atoms in total. The predicted octanol–water partition coefficient (Wildman–Crippen LogP) is 5.34. The van der Waals surface area contributed by atoms with Crippen LogP contribution in [-0.2, 0) is 6.42 Å². The van der Waals surface area contributed by atoms with Crippen LogP contribution in [0.1, 0.15) is 11.1 Å². The Labute approximate surface area is 143 Å². The summed E-state index contributed by atoms with van der Waals surface area (Å²) in [5.74, 6) is 0. The zero-order valence-electron chi connectivity index (χ0n) is 15.4. The summed E-state index contributed by atoms with van der Waals surface area (Å²) in [6.45, 7) is 14.6. The molecule has 0 heterocycles. The maximum Gasteiger partial charge on any atom is 0.138 e. The van der Waals surface area contributed by atoms with E-state index in [1.807, 2.05) is 12.1 Å². The van der Waals surface area contributed by atoms with Gasteiger partial charge in [-0.2, -0.15) is 0 Å². The number of rotatable bonds is 5. The summed E-state index contributed by atoms with van der Waals surface area (Å²) in [7, 11) is -2.76. The zero-order valence-corrected chi connectivity index (χ0v) is 17.4. The normalized spacial score (nSPS) is 12.3. The van der Waals surface area contributed by atoms with Crippen molar-refractivity contribution in [3.8, 4) is 0 Å². The van der Waals surface area contributed by atoms with Crippen molar-refractivity contribution < 1.29 is 0 Å². The summed E-state index contributed by atoms with van der Waals surface area (Å²) in [5, 5.41) is 0. The summed E-state index contributed by atoms with van der Waals surface area (Å²) in [6, 6.07) is 17.3. The first kappa shape index (κ1) is 17.8. The molecule has 0 bridgehead atoms. The number of nitrogens with zero attached hydrogens (tertiary/aromatic N) is 1. The maximum atomic E-state index is 5.76. The molecule has 0 saturated heterocycles. The van der Waals surface area contributed by atoms with Gasteiger partial charge in [-0.15, -0.1) is 0 Å². The Hall–Kier alpha value is -1.53. The van der Waals surface area contributed by atoms with Gasteiger partial charge in [0.1, 0.15) is 16.5 Å². The summed E-state index contributed by atoms with van der Waals surface area (Å²) in [6.07, 6.45) is 0.959. The lowest BCUT2D eigenvalue weighted by Gasteiger charge is -2.46. The van der Waals surface area contributed by atoms with E-state index in [4.69, 9.17) is 5.73 Å². The van der Waals surface area contributed by atoms with Crippen molar-refractivity contribution in [1.82, 2.24) is 0 Å². The van der Waals surface area contributed by atoms with E-state index in [9.17, 15) is 0 Å². The predicted molar refractivity (Wildman–Crippen MR) is 109 cm³/mol. The van der Waals surface area contributed by atoms with E-state index in [1.165, 1.54) is 16.8 Å². The van der Waals surface area contributed by atoms with Crippen LogP contribution in [-0.4, -0.2) is 16.5 Å². The van der Waals surface area contributed by atoms with Gasteiger partial charge in [-0.05, 0) is 41.8 Å². The first-order valence-corrected chi connectivity index (χ1v) is 15.2. The number of anilines is 2. The molecule has 2 aromatic rings. The van der Waals surface area contributed by atoms with E-state index >= 15 is 0 Å². The average Bonchev–Trinajstić information content (AvgIpc) is 2.40. The summed E-state index contributed by atoms with van der Waals surface area (Å²) >= 11 is 0. The van der Waals surface area contributed by atoms with Gasteiger partial charge >= 0.3 is 0 Å². The SMILES string of the molecule is C[Si](C)(C)N(c1ccc(Cc2ccc(N)cc2)cc1)[Si](C)(C)C. The van der Waals surface area contributed by atoms with Crippen LogP contribution >= 0.6 is 0 Å². The Bertz CT molecular complexity index is 621. The highest BCUT2D eigenvalue weighted by molar-refractivity contribution is 6.99. The van der Waals surface area contributed by atoms with Crippen LogP contribution in [0.2, 0.25) is 39.3 Å². The van der Waals surface area contributed by atoms with Gasteiger partial charge in [-0.3, -0.25) is 0 Å². The molecule has 23 heavy (non-hydrogen) atoms. The molecular weight excluding hydrogens is 312 g/mol. The zero-order chi connectivity index (χ0) is 17.3. The van der Waals surface area contributed by atoms with Crippen molar-refractivity contribution in [3.05, 3.63) is 59.7 Å². The molecule has 0 unspecified atom stereocenters. The summed E-state index contributed by atoms with van der Waals surface area (Å²) in [5.41, 5.74) is 10.6. The second kappa shape index (κ2) is 6.53. The van der Waals surface area contributed by atoms with Crippen molar-refractivity contribution in [2.45, 2.75) is 45.7 Å². The highest BCUT2D eigenvalue weighted by Gasteiger charge is 2.34. The van der Waals surface area contributed by atoms with Gasteiger partial charge < -0.3 is 9.96 Å². The van der Waals surface area contributed by atoms with Gasteiger partial charge in [0.15, 0.2) is 0 Å². The molecule has 2 N–H and O–H groups in total. The van der Waals surface area contributed by atoms with Crippen molar-refractivity contribution in [2.75, 3.05) is 9.96 Å². The van der Waals surface area contributed by atoms with Gasteiger partial charge in [0.05, 0.1) is 0 Å². The van der Waals surface area contributed by atoms with Gasteiger partial charge in [0.2, 0.25) is 0 Å². The minimum atomic E-state index is -1.38. The molecule has 0 aliphatic rings. The van der Waals surface area contributed by atoms with Crippen molar-refractivity contribution in [1.29, 1.82) is 0 Å². The lowest BCUT2D eigenvalue weighted by molar-refractivity contribution is 1.19. The van der Waals surface area contributed by atoms with Gasteiger partial charge in [0, 0.05) is 11.4 Å². The van der Waals surface area contributed by atoms with Crippen LogP contribution in [0.4, 0.5) is 11.4 Å². The fourth-order valence-corrected chi connectivity index (χ4v) is 13.3. The molecule has 0 fully saturated rings. The number of benzene rings is 2. The third kappa shape index (κ3) is 4.72. The minimum Gasteiger partial charge on any atom is -0.425 e. The third-order valence-electron chi connectivity index (χ3n) is 3.92. The minimum absolute atomic E-state index is 0.824. The number of nitrogens with two attached hydrogens (primary N) is 1. The molecule has 4 heteroatoms. The van der Waals surface area contributed by atoms with E-state index in [0.717, 1.165) is 12.1 Å². The molecule has 0 amide bonds. The maximum absolute atomic E-state index is 5.76. The van der Waals surface area contributed by atoms with E-state index < -0.39 is 16.5 Å². The summed E-state index contributed by atoms with van der Waals surface area (Å²) < 4.78 is 2.76. The Balaban J connectivity index is 2.22. The number of nitrogen functional groups attached to an aromatic ring is 1. The molecule has 0 aliphatic heterocycles. The fourth-order valence-electron chi connectivity index (χ4n) is 3.41. The van der Waals surface area contributed by atoms with Crippen molar-refractivity contribution >= 4 is 27.8 Å². The lowest BCUT2D eigenvalue weighted by Crippen LogP contribution is -2.59. The van der Waals surface area contributed by atoms with E-state index in [1.54, 1.807) is 0 Å². The number of hydrogen-bond donors (Lipinski definition) is 1. The first-order chi connectivity index (χ1) is 10.6. The topological polar surface area (TPSA) is 29.3 Å². The molecule has 0 spiro atoms. The monoisotopic (exact) mass is 342 g/mol. The molecule has 0 radical (unpaired) electrons. The van der Waals surface area contributed by atoms with E-state index in [0.29, 0.717) is 0 Å². The second-order valence-corrected chi connectivity index (χ2v) is 18.3. The molecule has 0 aliphatic carbocycles. The van der Waals surface area contributed by atoms with Gasteiger partial charge in [0.25, 0.3) is 0 Å². The molecule has 2 rings (SSSR count). The van der Waals surface area contributed by atoms with Crippen molar-refractivity contribution in [3.63, 3.8) is 0 Å². The quantitative estimate of drug-likeness (QED) is 0.587. The fraction of sp³-hybridized carbons (Fsp3) is 0.368. The van der Waals surface area contributed by atoms with E-state index in [-0.39, 0.29) is 0 Å². The smallest absolute Gasteiger partial charge is 0.138 e. The Morgan fingerprint density at radius 2 is 1.09 bits per heavy atom. The van der Waals surface area contributed by atoms with Crippen molar-refractivity contribution in [2.24, 2.45) is 0 Å². The number of hydrogen-bond acceptors (Lipinski definition) is 2. The summed E-state index contributed by atoms with van der Waals surface area (Å²) in [4.78, 5) is 0. The second-order valence-electron chi connectivity index (χ2n) is 8.26. The van der Waals surface area contributed by atoms with Crippen LogP contribution in [0.15, 0.2) is 48.5 Å². The molecule has 0 saturated carbocycles. The van der Waals surface area contributed by atoms with Gasteiger partial charge in [-0.25, -0.2) is 0 Å². The first-order valence-electron chi connectivity index (χ1n) is 8.31. The lowest BCUT2D eigenvalue weighted by atomic mass is 10.0. The van der Waals surface area contributed by atoms with Crippen LogP contribution in [0.25, 0.3) is 0 Å². The molecular formula is C19H30N2Si2. The highest BCUT2D eigenvalue weighted by atomic mass is 28.4. The Morgan fingerprint density at radius 3 is 1.48 bits per heavy atom. The molecule has 124 valence electrons. The van der Waals surface area contributed by atoms with Crippen LogP contribution in [0, 0.1) is 0 Å². The average molecular weight is 343 g/mol. The van der Waals surface area contributed by atoms with Crippen LogP contribution in [0.5, 0.6) is 0 Å². The highest BCUT2D eigenvalue weighted by Crippen LogP contribution is 2.28. The third-order valence-corrected chi connectivity index (χ3v) is 11.1.